The van der Waals surface area contributed by atoms with E-state index in [1.807, 2.05) is 13.8 Å². The fraction of sp³-hybridized carbons (Fsp3) is 0.750. The molecule has 0 saturated heterocycles. The molecular weight excluding hydrogens is 244 g/mol. The van der Waals surface area contributed by atoms with Crippen molar-refractivity contribution in [2.24, 2.45) is 5.73 Å². The molecule has 106 valence electrons. The Bertz CT molecular complexity index is 445. The molecule has 1 aromatic rings. The van der Waals surface area contributed by atoms with E-state index in [9.17, 15) is 4.79 Å². The number of fused-ring (bicyclic) bond motifs is 1. The highest BCUT2D eigenvalue weighted by Crippen LogP contribution is 2.14. The number of nitrogens with zero attached hydrogens (tertiary/aromatic N) is 4. The lowest BCUT2D eigenvalue weighted by Gasteiger charge is -2.32. The molecule has 0 bridgehead atoms. The first-order valence-electron chi connectivity index (χ1n) is 6.69. The van der Waals surface area contributed by atoms with Crippen LogP contribution >= 0.6 is 0 Å². The van der Waals surface area contributed by atoms with E-state index < -0.39 is 5.54 Å². The van der Waals surface area contributed by atoms with Gasteiger partial charge < -0.3 is 15.6 Å². The summed E-state index contributed by atoms with van der Waals surface area (Å²) in [5.74, 6) is 0.685. The molecule has 1 aliphatic heterocycles. The molecule has 1 atom stereocenters. The van der Waals surface area contributed by atoms with E-state index in [1.54, 1.807) is 6.33 Å². The fourth-order valence-corrected chi connectivity index (χ4v) is 2.38. The number of carbonyl (C=O) groups excluding carboxylic acids is 1. The maximum atomic E-state index is 11.6. The summed E-state index contributed by atoms with van der Waals surface area (Å²) in [6.45, 7) is 8.02. The van der Waals surface area contributed by atoms with E-state index in [1.165, 1.54) is 0 Å². The Labute approximate surface area is 113 Å². The summed E-state index contributed by atoms with van der Waals surface area (Å²) < 4.78 is 2.06. The van der Waals surface area contributed by atoms with Crippen molar-refractivity contribution in [1.29, 1.82) is 0 Å². The third-order valence-electron chi connectivity index (χ3n) is 3.76. The molecule has 1 unspecified atom stereocenters. The van der Waals surface area contributed by atoms with Gasteiger partial charge in [0.1, 0.15) is 12.2 Å². The lowest BCUT2D eigenvalue weighted by atomic mass is 9.96. The van der Waals surface area contributed by atoms with Crippen LogP contribution in [0.1, 0.15) is 26.1 Å². The van der Waals surface area contributed by atoms with Crippen LogP contribution in [0.5, 0.6) is 0 Å². The van der Waals surface area contributed by atoms with Crippen molar-refractivity contribution in [2.45, 2.75) is 38.9 Å². The number of aromatic nitrogens is 3. The van der Waals surface area contributed by atoms with Crippen LogP contribution in [-0.2, 0) is 17.9 Å². The van der Waals surface area contributed by atoms with Gasteiger partial charge in [-0.3, -0.25) is 9.69 Å². The Hall–Kier alpha value is -1.47. The normalized spacial score (nSPS) is 18.8. The average molecular weight is 266 g/mol. The second kappa shape index (κ2) is 5.66. The number of primary amides is 1. The molecule has 3 N–H and O–H groups in total. The summed E-state index contributed by atoms with van der Waals surface area (Å²) >= 11 is 0. The molecule has 7 heteroatoms. The first-order chi connectivity index (χ1) is 9.05. The molecular formula is C12H22N6O. The fourth-order valence-electron chi connectivity index (χ4n) is 2.38. The topological polar surface area (TPSA) is 89.1 Å². The van der Waals surface area contributed by atoms with Gasteiger partial charge in [-0.05, 0) is 19.9 Å². The van der Waals surface area contributed by atoms with Crippen LogP contribution in [0.15, 0.2) is 6.33 Å². The Balaban J connectivity index is 1.90. The van der Waals surface area contributed by atoms with Gasteiger partial charge in [0.2, 0.25) is 5.91 Å². The van der Waals surface area contributed by atoms with Crippen molar-refractivity contribution in [1.82, 2.24) is 25.0 Å². The minimum atomic E-state index is -0.639. The highest BCUT2D eigenvalue weighted by atomic mass is 16.1. The predicted molar refractivity (Wildman–Crippen MR) is 71.2 cm³/mol. The van der Waals surface area contributed by atoms with Crippen LogP contribution in [0.3, 0.4) is 0 Å². The molecule has 1 aliphatic rings. The second-order valence-electron chi connectivity index (χ2n) is 5.19. The van der Waals surface area contributed by atoms with Gasteiger partial charge in [-0.15, -0.1) is 10.2 Å². The number of rotatable bonds is 6. The zero-order chi connectivity index (χ0) is 13.9. The van der Waals surface area contributed by atoms with E-state index in [-0.39, 0.29) is 5.91 Å². The number of hydrogen-bond acceptors (Lipinski definition) is 5. The van der Waals surface area contributed by atoms with E-state index >= 15 is 0 Å². The Morgan fingerprint density at radius 3 is 3.05 bits per heavy atom. The second-order valence-corrected chi connectivity index (χ2v) is 5.19. The monoisotopic (exact) mass is 266 g/mol. The molecule has 19 heavy (non-hydrogen) atoms. The van der Waals surface area contributed by atoms with Gasteiger partial charge >= 0.3 is 0 Å². The first kappa shape index (κ1) is 14.0. The van der Waals surface area contributed by atoms with Crippen molar-refractivity contribution in [3.05, 3.63) is 12.2 Å². The van der Waals surface area contributed by atoms with Crippen LogP contribution in [0, 0.1) is 0 Å². The maximum Gasteiger partial charge on any atom is 0.237 e. The lowest BCUT2D eigenvalue weighted by Crippen LogP contribution is -2.54. The van der Waals surface area contributed by atoms with E-state index in [2.05, 4.69) is 25.0 Å². The number of amides is 1. The molecule has 0 saturated carbocycles. The molecule has 2 heterocycles. The van der Waals surface area contributed by atoms with Crippen molar-refractivity contribution in [3.63, 3.8) is 0 Å². The van der Waals surface area contributed by atoms with Crippen molar-refractivity contribution < 1.29 is 4.79 Å². The number of nitrogens with two attached hydrogens (primary N) is 1. The molecule has 7 nitrogen and oxygen atoms in total. The third kappa shape index (κ3) is 3.10. The molecule has 0 fully saturated rings. The van der Waals surface area contributed by atoms with Crippen LogP contribution in [0.2, 0.25) is 0 Å². The molecule has 0 aromatic carbocycles. The average Bonchev–Trinajstić information content (AvgIpc) is 2.84. The SMILES string of the molecule is CCNC(C)(CCN1CCn2cnnc2C1)C(N)=O. The predicted octanol–water partition coefficient (Wildman–Crippen LogP) is -0.663. The van der Waals surface area contributed by atoms with Crippen LogP contribution in [-0.4, -0.2) is 50.7 Å². The lowest BCUT2D eigenvalue weighted by molar-refractivity contribution is -0.124. The molecule has 2 rings (SSSR count). The molecule has 0 radical (unpaired) electrons. The first-order valence-corrected chi connectivity index (χ1v) is 6.69. The Morgan fingerprint density at radius 1 is 1.58 bits per heavy atom. The van der Waals surface area contributed by atoms with Gasteiger partial charge in [-0.2, -0.15) is 0 Å². The summed E-state index contributed by atoms with van der Waals surface area (Å²) in [6.07, 6.45) is 2.46. The molecule has 1 aromatic heterocycles. The molecule has 0 aliphatic carbocycles. The van der Waals surface area contributed by atoms with Gasteiger partial charge in [0, 0.05) is 19.6 Å². The Morgan fingerprint density at radius 2 is 2.37 bits per heavy atom. The van der Waals surface area contributed by atoms with Crippen LogP contribution in [0.4, 0.5) is 0 Å². The van der Waals surface area contributed by atoms with Crippen molar-refractivity contribution in [3.8, 4) is 0 Å². The van der Waals surface area contributed by atoms with Gasteiger partial charge in [-0.25, -0.2) is 0 Å². The van der Waals surface area contributed by atoms with Gasteiger partial charge in [0.05, 0.1) is 12.1 Å². The quantitative estimate of drug-likeness (QED) is 0.713. The third-order valence-corrected chi connectivity index (χ3v) is 3.76. The van der Waals surface area contributed by atoms with Gasteiger partial charge in [0.15, 0.2) is 0 Å². The maximum absolute atomic E-state index is 11.6. The van der Waals surface area contributed by atoms with Crippen molar-refractivity contribution in [2.75, 3.05) is 19.6 Å². The van der Waals surface area contributed by atoms with Crippen LogP contribution < -0.4 is 11.1 Å². The minimum absolute atomic E-state index is 0.297. The standard InChI is InChI=1S/C12H22N6O/c1-3-14-12(2,11(13)19)4-5-17-6-7-18-9-15-16-10(18)8-17/h9,14H,3-8H2,1-2H3,(H2,13,19). The summed E-state index contributed by atoms with van der Waals surface area (Å²) in [5.41, 5.74) is 4.85. The summed E-state index contributed by atoms with van der Waals surface area (Å²) in [5, 5.41) is 11.2. The summed E-state index contributed by atoms with van der Waals surface area (Å²) in [6, 6.07) is 0. The van der Waals surface area contributed by atoms with Crippen molar-refractivity contribution >= 4 is 5.91 Å². The van der Waals surface area contributed by atoms with E-state index in [0.29, 0.717) is 6.42 Å². The summed E-state index contributed by atoms with van der Waals surface area (Å²) in [4.78, 5) is 13.8. The van der Waals surface area contributed by atoms with E-state index in [4.69, 9.17) is 5.73 Å². The number of carbonyl (C=O) groups is 1. The molecule has 1 amide bonds. The Kier molecular flexibility index (Phi) is 4.16. The minimum Gasteiger partial charge on any atom is -0.368 e. The smallest absolute Gasteiger partial charge is 0.237 e. The zero-order valence-electron chi connectivity index (χ0n) is 11.6. The largest absolute Gasteiger partial charge is 0.368 e. The molecule has 0 spiro atoms. The van der Waals surface area contributed by atoms with Crippen LogP contribution in [0.25, 0.3) is 0 Å². The number of hydrogen-bond donors (Lipinski definition) is 2. The van der Waals surface area contributed by atoms with E-state index in [0.717, 1.165) is 38.5 Å². The number of nitrogens with one attached hydrogen (secondary N) is 1. The highest BCUT2D eigenvalue weighted by molar-refractivity contribution is 5.84. The zero-order valence-corrected chi connectivity index (χ0v) is 11.6. The van der Waals surface area contributed by atoms with Gasteiger partial charge in [-0.1, -0.05) is 6.92 Å². The summed E-state index contributed by atoms with van der Waals surface area (Å²) in [7, 11) is 0. The number of likely N-dealkylation sites (N-methyl/N-ethyl adjacent to an activating group) is 1. The highest BCUT2D eigenvalue weighted by Gasteiger charge is 2.30. The van der Waals surface area contributed by atoms with Gasteiger partial charge in [0.25, 0.3) is 0 Å².